The first kappa shape index (κ1) is 17.4. The van der Waals surface area contributed by atoms with Crippen molar-refractivity contribution in [3.8, 4) is 0 Å². The van der Waals surface area contributed by atoms with Gasteiger partial charge in [0.15, 0.2) is 0 Å². The molecule has 2 saturated heterocycles. The predicted octanol–water partition coefficient (Wildman–Crippen LogP) is 2.96. The summed E-state index contributed by atoms with van der Waals surface area (Å²) in [5, 5.41) is 3.11. The third-order valence-electron chi connectivity index (χ3n) is 5.19. The van der Waals surface area contributed by atoms with Crippen LogP contribution in [0.2, 0.25) is 0 Å². The van der Waals surface area contributed by atoms with E-state index >= 15 is 0 Å². The number of rotatable bonds is 6. The lowest BCUT2D eigenvalue weighted by Gasteiger charge is -2.21. The van der Waals surface area contributed by atoms with Gasteiger partial charge in [-0.3, -0.25) is 9.69 Å². The van der Waals surface area contributed by atoms with Crippen molar-refractivity contribution in [2.45, 2.75) is 52.3 Å². The van der Waals surface area contributed by atoms with Crippen LogP contribution in [0, 0.1) is 11.8 Å². The van der Waals surface area contributed by atoms with Crippen molar-refractivity contribution in [1.82, 2.24) is 10.2 Å². The van der Waals surface area contributed by atoms with Crippen LogP contribution in [0.4, 0.5) is 0 Å². The van der Waals surface area contributed by atoms with Gasteiger partial charge in [-0.15, -0.1) is 0 Å². The molecule has 2 heterocycles. The summed E-state index contributed by atoms with van der Waals surface area (Å²) in [7, 11) is 0. The Bertz CT molecular complexity index is 552. The van der Waals surface area contributed by atoms with Crippen molar-refractivity contribution >= 4 is 5.91 Å². The van der Waals surface area contributed by atoms with E-state index in [4.69, 9.17) is 4.74 Å². The minimum atomic E-state index is -0.00205. The topological polar surface area (TPSA) is 41.6 Å². The number of nitrogens with one attached hydrogen (secondary N) is 1. The minimum absolute atomic E-state index is 0.00205. The molecule has 132 valence electrons. The molecule has 2 aliphatic heterocycles. The monoisotopic (exact) mass is 330 g/mol. The maximum atomic E-state index is 12.5. The Hall–Kier alpha value is -1.39. The number of amides is 1. The third kappa shape index (κ3) is 4.37. The van der Waals surface area contributed by atoms with Crippen LogP contribution in [-0.4, -0.2) is 36.6 Å². The van der Waals surface area contributed by atoms with Gasteiger partial charge in [0.25, 0.3) is 0 Å². The third-order valence-corrected chi connectivity index (χ3v) is 5.19. The molecule has 24 heavy (non-hydrogen) atoms. The van der Waals surface area contributed by atoms with Crippen LogP contribution in [0.5, 0.6) is 0 Å². The Morgan fingerprint density at radius 2 is 2.04 bits per heavy atom. The highest BCUT2D eigenvalue weighted by Gasteiger charge is 2.35. The highest BCUT2D eigenvalue weighted by molar-refractivity contribution is 5.79. The molecule has 1 amide bonds. The number of nitrogens with zero attached hydrogens (tertiary/aromatic N) is 1. The van der Waals surface area contributed by atoms with E-state index in [1.807, 2.05) is 0 Å². The molecule has 2 aliphatic rings. The Morgan fingerprint density at radius 1 is 1.29 bits per heavy atom. The zero-order valence-corrected chi connectivity index (χ0v) is 15.0. The Morgan fingerprint density at radius 3 is 2.79 bits per heavy atom. The Labute approximate surface area is 145 Å². The van der Waals surface area contributed by atoms with Crippen LogP contribution in [0.1, 0.15) is 44.2 Å². The largest absolute Gasteiger partial charge is 0.377 e. The number of likely N-dealkylation sites (tertiary alicyclic amines) is 1. The zero-order chi connectivity index (χ0) is 16.9. The van der Waals surface area contributed by atoms with Gasteiger partial charge in [0, 0.05) is 19.7 Å². The molecule has 0 saturated carbocycles. The number of benzene rings is 1. The van der Waals surface area contributed by atoms with Crippen LogP contribution < -0.4 is 5.32 Å². The van der Waals surface area contributed by atoms with Crippen molar-refractivity contribution < 1.29 is 9.53 Å². The highest BCUT2D eigenvalue weighted by Crippen LogP contribution is 2.27. The zero-order valence-electron chi connectivity index (χ0n) is 15.0. The second-order valence-electron chi connectivity index (χ2n) is 7.50. The van der Waals surface area contributed by atoms with Crippen LogP contribution in [-0.2, 0) is 22.6 Å². The molecular formula is C20H30N2O2. The number of hydrogen-bond donors (Lipinski definition) is 1. The van der Waals surface area contributed by atoms with Gasteiger partial charge in [-0.05, 0) is 49.4 Å². The molecule has 4 heteroatoms. The first-order chi connectivity index (χ1) is 11.6. The highest BCUT2D eigenvalue weighted by atomic mass is 16.5. The maximum Gasteiger partial charge on any atom is 0.226 e. The number of carbonyl (C=O) groups excluding carboxylic acids is 1. The maximum absolute atomic E-state index is 12.5. The van der Waals surface area contributed by atoms with Gasteiger partial charge in [-0.1, -0.05) is 38.1 Å². The average Bonchev–Trinajstić information content (AvgIpc) is 3.24. The molecule has 0 radical (unpaired) electrons. The summed E-state index contributed by atoms with van der Waals surface area (Å²) in [4.78, 5) is 15.0. The van der Waals surface area contributed by atoms with E-state index in [9.17, 15) is 4.79 Å². The van der Waals surface area contributed by atoms with E-state index in [0.29, 0.717) is 19.1 Å². The molecular weight excluding hydrogens is 300 g/mol. The molecule has 2 atom stereocenters. The molecule has 0 spiro atoms. The average molecular weight is 330 g/mol. The van der Waals surface area contributed by atoms with Gasteiger partial charge >= 0.3 is 0 Å². The summed E-state index contributed by atoms with van der Waals surface area (Å²) < 4.78 is 5.73. The van der Waals surface area contributed by atoms with E-state index in [0.717, 1.165) is 13.0 Å². The summed E-state index contributed by atoms with van der Waals surface area (Å²) in [6.45, 7) is 8.99. The van der Waals surface area contributed by atoms with Gasteiger partial charge in [-0.25, -0.2) is 0 Å². The van der Waals surface area contributed by atoms with E-state index < -0.39 is 0 Å². The summed E-state index contributed by atoms with van der Waals surface area (Å²) in [6, 6.07) is 8.61. The lowest BCUT2D eigenvalue weighted by molar-refractivity contribution is -0.127. The van der Waals surface area contributed by atoms with Crippen molar-refractivity contribution in [3.05, 3.63) is 35.4 Å². The number of carbonyl (C=O) groups is 1. The van der Waals surface area contributed by atoms with E-state index in [-0.39, 0.29) is 17.9 Å². The van der Waals surface area contributed by atoms with E-state index in [1.54, 1.807) is 0 Å². The molecule has 0 bridgehead atoms. The fourth-order valence-electron chi connectivity index (χ4n) is 3.91. The molecule has 1 aromatic rings. The quantitative estimate of drug-likeness (QED) is 0.872. The number of hydrogen-bond acceptors (Lipinski definition) is 3. The molecule has 0 unspecified atom stereocenters. The fraction of sp³-hybridized carbons (Fsp3) is 0.650. The predicted molar refractivity (Wildman–Crippen MR) is 95.5 cm³/mol. The standard InChI is InChI=1S/C20H30N2O2/c1-15(2)19-18(8-11-24-19)20(23)21-13-16-6-5-7-17(12-16)14-22-9-3-4-10-22/h5-7,12,15,18-19H,3-4,8-11,13-14H2,1-2H3,(H,21,23)/t18-,19-/m1/s1. The van der Waals surface area contributed by atoms with Crippen molar-refractivity contribution in [2.24, 2.45) is 11.8 Å². The summed E-state index contributed by atoms with van der Waals surface area (Å²) in [5.41, 5.74) is 2.52. The number of ether oxygens (including phenoxy) is 1. The SMILES string of the molecule is CC(C)[C@H]1OCC[C@H]1C(=O)NCc1cccc(CN2CCCC2)c1. The first-order valence-electron chi connectivity index (χ1n) is 9.33. The molecule has 1 N–H and O–H groups in total. The fourth-order valence-corrected chi connectivity index (χ4v) is 3.91. The van der Waals surface area contributed by atoms with Gasteiger partial charge in [0.05, 0.1) is 12.0 Å². The van der Waals surface area contributed by atoms with Crippen LogP contribution >= 0.6 is 0 Å². The Kier molecular flexibility index (Phi) is 5.90. The minimum Gasteiger partial charge on any atom is -0.377 e. The first-order valence-corrected chi connectivity index (χ1v) is 9.33. The summed E-state index contributed by atoms with van der Waals surface area (Å²) >= 11 is 0. The van der Waals surface area contributed by atoms with Crippen molar-refractivity contribution in [1.29, 1.82) is 0 Å². The van der Waals surface area contributed by atoms with Crippen LogP contribution in [0.3, 0.4) is 0 Å². The second kappa shape index (κ2) is 8.13. The van der Waals surface area contributed by atoms with Gasteiger partial charge in [0.1, 0.15) is 0 Å². The van der Waals surface area contributed by atoms with Gasteiger partial charge in [-0.2, -0.15) is 0 Å². The Balaban J connectivity index is 1.53. The summed E-state index contributed by atoms with van der Waals surface area (Å²) in [6.07, 6.45) is 3.53. The second-order valence-corrected chi connectivity index (χ2v) is 7.50. The van der Waals surface area contributed by atoms with Crippen LogP contribution in [0.25, 0.3) is 0 Å². The molecule has 3 rings (SSSR count). The molecule has 0 aliphatic carbocycles. The lowest BCUT2D eigenvalue weighted by atomic mass is 9.92. The molecule has 0 aromatic heterocycles. The molecule has 4 nitrogen and oxygen atoms in total. The normalized spacial score (nSPS) is 24.6. The van der Waals surface area contributed by atoms with Gasteiger partial charge in [0.2, 0.25) is 5.91 Å². The summed E-state index contributed by atoms with van der Waals surface area (Å²) in [5.74, 6) is 0.515. The lowest BCUT2D eigenvalue weighted by Crippen LogP contribution is -2.37. The molecule has 2 fully saturated rings. The van der Waals surface area contributed by atoms with E-state index in [2.05, 4.69) is 48.3 Å². The van der Waals surface area contributed by atoms with Gasteiger partial charge < -0.3 is 10.1 Å². The van der Waals surface area contributed by atoms with Crippen molar-refractivity contribution in [2.75, 3.05) is 19.7 Å². The molecule has 1 aromatic carbocycles. The smallest absolute Gasteiger partial charge is 0.226 e. The van der Waals surface area contributed by atoms with E-state index in [1.165, 1.54) is 37.1 Å². The van der Waals surface area contributed by atoms with Crippen molar-refractivity contribution in [3.63, 3.8) is 0 Å². The van der Waals surface area contributed by atoms with Crippen LogP contribution in [0.15, 0.2) is 24.3 Å².